The van der Waals surface area contributed by atoms with Crippen LogP contribution in [-0.2, 0) is 17.8 Å². The van der Waals surface area contributed by atoms with Crippen molar-refractivity contribution in [3.8, 4) is 16.5 Å². The van der Waals surface area contributed by atoms with Gasteiger partial charge >= 0.3 is 0 Å². The number of amides is 1. The van der Waals surface area contributed by atoms with E-state index in [1.165, 1.54) is 11.3 Å². The minimum atomic E-state index is -0.0109. The average molecular weight is 385 g/mol. The van der Waals surface area contributed by atoms with Gasteiger partial charge in [0.25, 0.3) is 0 Å². The number of likely N-dealkylation sites (N-methyl/N-ethyl adjacent to an activating group) is 1. The number of ether oxygens (including phenoxy) is 1. The predicted molar refractivity (Wildman–Crippen MR) is 105 cm³/mol. The highest BCUT2D eigenvalue weighted by molar-refractivity contribution is 7.13. The van der Waals surface area contributed by atoms with Crippen molar-refractivity contribution >= 4 is 17.2 Å². The Morgan fingerprint density at radius 2 is 2.07 bits per heavy atom. The zero-order valence-corrected chi connectivity index (χ0v) is 17.0. The number of aryl methyl sites for hydroxylation is 2. The number of carbonyl (C=O) groups excluding carboxylic acids is 1. The summed E-state index contributed by atoms with van der Waals surface area (Å²) in [6, 6.07) is 3.80. The lowest BCUT2D eigenvalue weighted by atomic mass is 10.1. The summed E-state index contributed by atoms with van der Waals surface area (Å²) in [4.78, 5) is 23.3. The van der Waals surface area contributed by atoms with E-state index in [4.69, 9.17) is 9.15 Å². The van der Waals surface area contributed by atoms with Gasteiger partial charge < -0.3 is 14.1 Å². The van der Waals surface area contributed by atoms with Gasteiger partial charge in [-0.05, 0) is 32.9 Å². The maximum absolute atomic E-state index is 12.6. The first-order chi connectivity index (χ1) is 12.9. The number of carbonyl (C=O) groups is 1. The lowest BCUT2D eigenvalue weighted by Gasteiger charge is -2.19. The molecule has 0 saturated heterocycles. The number of hydrogen-bond donors (Lipinski definition) is 0. The fourth-order valence-corrected chi connectivity index (χ4v) is 3.66. The van der Waals surface area contributed by atoms with Crippen molar-refractivity contribution in [1.82, 2.24) is 14.9 Å². The molecular formula is C20H23N3O3S. The lowest BCUT2D eigenvalue weighted by Crippen LogP contribution is -2.28. The van der Waals surface area contributed by atoms with E-state index < -0.39 is 0 Å². The van der Waals surface area contributed by atoms with E-state index in [1.54, 1.807) is 25.3 Å². The third-order valence-electron chi connectivity index (χ3n) is 4.40. The molecule has 0 atom stereocenters. The van der Waals surface area contributed by atoms with Crippen LogP contribution in [0.25, 0.3) is 10.8 Å². The predicted octanol–water partition coefficient (Wildman–Crippen LogP) is 3.93. The van der Waals surface area contributed by atoms with Crippen molar-refractivity contribution in [2.24, 2.45) is 0 Å². The van der Waals surface area contributed by atoms with Crippen LogP contribution in [0.1, 0.15) is 28.3 Å². The van der Waals surface area contributed by atoms with Crippen LogP contribution < -0.4 is 4.74 Å². The van der Waals surface area contributed by atoms with E-state index in [2.05, 4.69) is 9.97 Å². The number of thiazole rings is 1. The number of methoxy groups -OCH3 is 1. The zero-order valence-electron chi connectivity index (χ0n) is 16.2. The maximum Gasteiger partial charge on any atom is 0.228 e. The first-order valence-electron chi connectivity index (χ1n) is 8.63. The first kappa shape index (κ1) is 19.1. The second-order valence-electron chi connectivity index (χ2n) is 6.53. The molecule has 0 aromatic carbocycles. The van der Waals surface area contributed by atoms with Gasteiger partial charge in [0.1, 0.15) is 11.5 Å². The highest BCUT2D eigenvalue weighted by Gasteiger charge is 2.17. The quantitative estimate of drug-likeness (QED) is 0.643. The van der Waals surface area contributed by atoms with E-state index in [1.807, 2.05) is 38.3 Å². The Morgan fingerprint density at radius 3 is 2.74 bits per heavy atom. The van der Waals surface area contributed by atoms with Crippen molar-refractivity contribution in [3.05, 3.63) is 52.0 Å². The van der Waals surface area contributed by atoms with E-state index in [0.29, 0.717) is 6.54 Å². The third-order valence-corrected chi connectivity index (χ3v) is 5.30. The van der Waals surface area contributed by atoms with Gasteiger partial charge in [-0.15, -0.1) is 11.3 Å². The van der Waals surface area contributed by atoms with E-state index in [9.17, 15) is 4.79 Å². The van der Waals surface area contributed by atoms with Crippen LogP contribution in [-0.4, -0.2) is 34.9 Å². The number of nitrogens with zero attached hydrogens (tertiary/aromatic N) is 3. The summed E-state index contributed by atoms with van der Waals surface area (Å²) in [5, 5.41) is 2.69. The number of rotatable bonds is 6. The molecule has 0 aliphatic rings. The number of furan rings is 1. The van der Waals surface area contributed by atoms with Gasteiger partial charge in [0.05, 0.1) is 31.5 Å². The molecular weight excluding hydrogens is 362 g/mol. The van der Waals surface area contributed by atoms with E-state index in [0.717, 1.165) is 44.8 Å². The Bertz CT molecular complexity index is 961. The molecule has 0 radical (unpaired) electrons. The topological polar surface area (TPSA) is 68.5 Å². The van der Waals surface area contributed by atoms with Gasteiger partial charge in [-0.1, -0.05) is 0 Å². The van der Waals surface area contributed by atoms with Crippen LogP contribution in [0.3, 0.4) is 0 Å². The summed E-state index contributed by atoms with van der Waals surface area (Å²) < 4.78 is 11.0. The molecule has 1 amide bonds. The molecule has 142 valence electrons. The molecule has 0 aliphatic heterocycles. The van der Waals surface area contributed by atoms with E-state index >= 15 is 0 Å². The molecule has 0 spiro atoms. The van der Waals surface area contributed by atoms with Crippen molar-refractivity contribution in [2.75, 3.05) is 14.2 Å². The molecule has 3 rings (SSSR count). The average Bonchev–Trinajstić information content (AvgIpc) is 3.26. The molecule has 0 bridgehead atoms. The summed E-state index contributed by atoms with van der Waals surface area (Å²) in [5.41, 5.74) is 3.52. The van der Waals surface area contributed by atoms with Crippen molar-refractivity contribution in [2.45, 2.75) is 33.7 Å². The number of pyridine rings is 1. The highest BCUT2D eigenvalue weighted by atomic mass is 32.1. The molecule has 7 heteroatoms. The highest BCUT2D eigenvalue weighted by Crippen LogP contribution is 2.27. The Balaban J connectivity index is 1.67. The standard InChI is InChI=1S/C20H23N3O3S/c1-12-9-21-16(14(3)19(12)25-5)10-23(4)18(24)8-15-11-27-20(22-15)17-7-6-13(2)26-17/h6-7,9,11H,8,10H2,1-5H3. The fourth-order valence-electron chi connectivity index (χ4n) is 2.88. The third kappa shape index (κ3) is 4.19. The molecule has 3 aromatic heterocycles. The second-order valence-corrected chi connectivity index (χ2v) is 7.39. The fraction of sp³-hybridized carbons (Fsp3) is 0.350. The lowest BCUT2D eigenvalue weighted by molar-refractivity contribution is -0.129. The van der Waals surface area contributed by atoms with Crippen LogP contribution >= 0.6 is 11.3 Å². The van der Waals surface area contributed by atoms with Crippen LogP contribution in [0, 0.1) is 20.8 Å². The van der Waals surface area contributed by atoms with Crippen molar-refractivity contribution in [1.29, 1.82) is 0 Å². The maximum atomic E-state index is 12.6. The minimum Gasteiger partial charge on any atom is -0.496 e. The molecule has 0 unspecified atom stereocenters. The Hall–Kier alpha value is -2.67. The summed E-state index contributed by atoms with van der Waals surface area (Å²) in [6.07, 6.45) is 2.02. The van der Waals surface area contributed by atoms with Gasteiger partial charge in [-0.3, -0.25) is 9.78 Å². The van der Waals surface area contributed by atoms with Gasteiger partial charge in [-0.25, -0.2) is 4.98 Å². The van der Waals surface area contributed by atoms with Gasteiger partial charge in [0, 0.05) is 29.8 Å². The molecule has 6 nitrogen and oxygen atoms in total. The van der Waals surface area contributed by atoms with Gasteiger partial charge in [0.2, 0.25) is 5.91 Å². The van der Waals surface area contributed by atoms with Crippen molar-refractivity contribution < 1.29 is 13.9 Å². The summed E-state index contributed by atoms with van der Waals surface area (Å²) in [7, 11) is 3.42. The molecule has 3 heterocycles. The second kappa shape index (κ2) is 7.92. The van der Waals surface area contributed by atoms with Crippen LogP contribution in [0.4, 0.5) is 0 Å². The molecule has 0 aliphatic carbocycles. The summed E-state index contributed by atoms with van der Waals surface area (Å²) >= 11 is 1.48. The largest absolute Gasteiger partial charge is 0.496 e. The normalized spacial score (nSPS) is 10.9. The molecule has 0 fully saturated rings. The Kier molecular flexibility index (Phi) is 5.60. The summed E-state index contributed by atoms with van der Waals surface area (Å²) in [5.74, 6) is 2.38. The smallest absolute Gasteiger partial charge is 0.228 e. The monoisotopic (exact) mass is 385 g/mol. The number of aromatic nitrogens is 2. The van der Waals surface area contributed by atoms with Crippen LogP contribution in [0.5, 0.6) is 5.75 Å². The van der Waals surface area contributed by atoms with Gasteiger partial charge in [0.15, 0.2) is 10.8 Å². The molecule has 0 N–H and O–H groups in total. The van der Waals surface area contributed by atoms with Crippen LogP contribution in [0.2, 0.25) is 0 Å². The molecule has 27 heavy (non-hydrogen) atoms. The van der Waals surface area contributed by atoms with Crippen molar-refractivity contribution in [3.63, 3.8) is 0 Å². The van der Waals surface area contributed by atoms with Gasteiger partial charge in [-0.2, -0.15) is 0 Å². The van der Waals surface area contributed by atoms with Crippen LogP contribution in [0.15, 0.2) is 28.1 Å². The minimum absolute atomic E-state index is 0.0109. The molecule has 0 saturated carbocycles. The number of hydrogen-bond acceptors (Lipinski definition) is 6. The van der Waals surface area contributed by atoms with E-state index in [-0.39, 0.29) is 12.3 Å². The zero-order chi connectivity index (χ0) is 19.6. The first-order valence-corrected chi connectivity index (χ1v) is 9.51. The Morgan fingerprint density at radius 1 is 1.30 bits per heavy atom. The Labute approximate surface area is 162 Å². The summed E-state index contributed by atoms with van der Waals surface area (Å²) in [6.45, 7) is 6.24. The SMILES string of the molecule is COc1c(C)cnc(CN(C)C(=O)Cc2csc(-c3ccc(C)o3)n2)c1C. The molecule has 3 aromatic rings.